The molecular formula is C19H18ClF3N4OS. The molecule has 2 aromatic heterocycles. The molecule has 4 N–H and O–H groups in total. The molecule has 0 saturated carbocycles. The molecule has 0 bridgehead atoms. The molecule has 10 heteroatoms. The average Bonchev–Trinajstić information content (AvgIpc) is 3.22. The van der Waals surface area contributed by atoms with Crippen LogP contribution in [0.2, 0.25) is 4.34 Å². The van der Waals surface area contributed by atoms with Crippen LogP contribution in [0.3, 0.4) is 0 Å². The summed E-state index contributed by atoms with van der Waals surface area (Å²) < 4.78 is 41.1. The maximum Gasteiger partial charge on any atom is 0.416 e. The number of amides is 1. The maximum absolute atomic E-state index is 13.1. The van der Waals surface area contributed by atoms with Gasteiger partial charge in [0.25, 0.3) is 5.91 Å². The van der Waals surface area contributed by atoms with Crippen molar-refractivity contribution in [3.63, 3.8) is 0 Å². The molecule has 0 fully saturated rings. The first-order valence-corrected chi connectivity index (χ1v) is 9.79. The largest absolute Gasteiger partial charge is 0.416 e. The van der Waals surface area contributed by atoms with Crippen molar-refractivity contribution in [3.05, 3.63) is 62.4 Å². The summed E-state index contributed by atoms with van der Waals surface area (Å²) in [6.07, 6.45) is -2.67. The van der Waals surface area contributed by atoms with Gasteiger partial charge in [-0.2, -0.15) is 18.3 Å². The van der Waals surface area contributed by atoms with Gasteiger partial charge in [0.1, 0.15) is 4.34 Å². The standard InChI is InChI=1S/C19H18ClF3N4OS/c1-27-13(5-6-26-27)15-14(16(18(25)28)29-17(15)20)11(9-24)7-10-3-2-4-12(8-10)19(21,22)23/h2-6,8,11H,7,9,24H2,1H3,(H2,25,28)/t11-/m1/s1. The number of halogens is 4. The predicted octanol–water partition coefficient (Wildman–Crippen LogP) is 4.20. The molecular weight excluding hydrogens is 425 g/mol. The van der Waals surface area contributed by atoms with Gasteiger partial charge in [0.05, 0.1) is 16.1 Å². The van der Waals surface area contributed by atoms with E-state index in [1.165, 1.54) is 6.07 Å². The van der Waals surface area contributed by atoms with Gasteiger partial charge in [0.15, 0.2) is 0 Å². The van der Waals surface area contributed by atoms with E-state index in [0.29, 0.717) is 26.7 Å². The summed E-state index contributed by atoms with van der Waals surface area (Å²) >= 11 is 7.46. The van der Waals surface area contributed by atoms with E-state index >= 15 is 0 Å². The highest BCUT2D eigenvalue weighted by Gasteiger charge is 2.32. The Hall–Kier alpha value is -2.36. The van der Waals surface area contributed by atoms with E-state index in [4.69, 9.17) is 23.1 Å². The van der Waals surface area contributed by atoms with Gasteiger partial charge in [-0.3, -0.25) is 9.48 Å². The third-order valence-electron chi connectivity index (χ3n) is 4.63. The van der Waals surface area contributed by atoms with Gasteiger partial charge in [-0.25, -0.2) is 0 Å². The Morgan fingerprint density at radius 3 is 2.62 bits per heavy atom. The minimum atomic E-state index is -4.45. The van der Waals surface area contributed by atoms with Crippen molar-refractivity contribution in [1.82, 2.24) is 9.78 Å². The van der Waals surface area contributed by atoms with Crippen LogP contribution in [0.5, 0.6) is 0 Å². The highest BCUT2D eigenvalue weighted by atomic mass is 35.5. The number of carbonyl (C=O) groups excluding carboxylic acids is 1. The first-order valence-electron chi connectivity index (χ1n) is 8.60. The molecule has 0 unspecified atom stereocenters. The third kappa shape index (κ3) is 4.31. The Balaban J connectivity index is 2.10. The third-order valence-corrected chi connectivity index (χ3v) is 6.06. The van der Waals surface area contributed by atoms with Gasteiger partial charge in [-0.15, -0.1) is 11.3 Å². The Morgan fingerprint density at radius 2 is 2.07 bits per heavy atom. The van der Waals surface area contributed by atoms with Crippen LogP contribution in [0, 0.1) is 0 Å². The van der Waals surface area contributed by atoms with Crippen LogP contribution >= 0.6 is 22.9 Å². The molecule has 0 aliphatic rings. The highest BCUT2D eigenvalue weighted by molar-refractivity contribution is 7.18. The van der Waals surface area contributed by atoms with Gasteiger partial charge >= 0.3 is 6.18 Å². The molecule has 1 aromatic carbocycles. The lowest BCUT2D eigenvalue weighted by Gasteiger charge is -2.19. The van der Waals surface area contributed by atoms with Crippen LogP contribution in [0.4, 0.5) is 13.2 Å². The van der Waals surface area contributed by atoms with Crippen molar-refractivity contribution < 1.29 is 18.0 Å². The Bertz CT molecular complexity index is 1040. The van der Waals surface area contributed by atoms with E-state index in [1.807, 2.05) is 0 Å². The molecule has 0 aliphatic heterocycles. The smallest absolute Gasteiger partial charge is 0.365 e. The summed E-state index contributed by atoms with van der Waals surface area (Å²) in [6, 6.07) is 6.78. The second-order valence-corrected chi connectivity index (χ2v) is 8.16. The average molecular weight is 443 g/mol. The maximum atomic E-state index is 13.1. The number of thiophene rings is 1. The van der Waals surface area contributed by atoms with Gasteiger partial charge < -0.3 is 11.5 Å². The minimum absolute atomic E-state index is 0.0917. The number of hydrogen-bond donors (Lipinski definition) is 2. The molecule has 2 heterocycles. The van der Waals surface area contributed by atoms with Crippen molar-refractivity contribution >= 4 is 28.8 Å². The first-order chi connectivity index (χ1) is 13.6. The zero-order chi connectivity index (χ0) is 21.3. The van der Waals surface area contributed by atoms with E-state index < -0.39 is 23.6 Å². The number of nitrogens with zero attached hydrogens (tertiary/aromatic N) is 2. The zero-order valence-electron chi connectivity index (χ0n) is 15.3. The molecule has 0 spiro atoms. The van der Waals surface area contributed by atoms with Gasteiger partial charge in [0.2, 0.25) is 0 Å². The van der Waals surface area contributed by atoms with Crippen molar-refractivity contribution in [1.29, 1.82) is 0 Å². The highest BCUT2D eigenvalue weighted by Crippen LogP contribution is 2.44. The molecule has 0 aliphatic carbocycles. The number of carbonyl (C=O) groups is 1. The van der Waals surface area contributed by atoms with Crippen LogP contribution in [0.1, 0.15) is 32.3 Å². The van der Waals surface area contributed by atoms with Crippen molar-refractivity contribution in [2.24, 2.45) is 18.5 Å². The van der Waals surface area contributed by atoms with Crippen molar-refractivity contribution in [2.75, 3.05) is 6.54 Å². The normalized spacial score (nSPS) is 12.9. The molecule has 0 radical (unpaired) electrons. The molecule has 3 rings (SSSR count). The summed E-state index contributed by atoms with van der Waals surface area (Å²) in [6.45, 7) is 0.0917. The lowest BCUT2D eigenvalue weighted by Crippen LogP contribution is -2.20. The summed E-state index contributed by atoms with van der Waals surface area (Å²) in [4.78, 5) is 12.3. The second kappa shape index (κ2) is 8.17. The first kappa shape index (κ1) is 21.4. The lowest BCUT2D eigenvalue weighted by atomic mass is 9.88. The van der Waals surface area contributed by atoms with E-state index in [2.05, 4.69) is 5.10 Å². The van der Waals surface area contributed by atoms with E-state index in [1.54, 1.807) is 30.1 Å². The number of aryl methyl sites for hydroxylation is 1. The summed E-state index contributed by atoms with van der Waals surface area (Å²) in [7, 11) is 1.72. The summed E-state index contributed by atoms with van der Waals surface area (Å²) in [5, 5.41) is 4.13. The van der Waals surface area contributed by atoms with Crippen LogP contribution < -0.4 is 11.5 Å². The number of hydrogen-bond acceptors (Lipinski definition) is 4. The summed E-state index contributed by atoms with van der Waals surface area (Å²) in [5.74, 6) is -1.13. The molecule has 29 heavy (non-hydrogen) atoms. The van der Waals surface area contributed by atoms with E-state index in [-0.39, 0.29) is 17.8 Å². The van der Waals surface area contributed by atoms with E-state index in [0.717, 1.165) is 23.5 Å². The van der Waals surface area contributed by atoms with E-state index in [9.17, 15) is 18.0 Å². The SMILES string of the molecule is Cn1nccc1-c1c(Cl)sc(C(N)=O)c1[C@@H](CN)Cc1cccc(C(F)(F)F)c1. The Morgan fingerprint density at radius 1 is 1.34 bits per heavy atom. The molecule has 154 valence electrons. The number of aromatic nitrogens is 2. The molecule has 3 aromatic rings. The van der Waals surface area contributed by atoms with Crippen molar-refractivity contribution in [2.45, 2.75) is 18.5 Å². The number of primary amides is 1. The molecule has 0 saturated heterocycles. The fraction of sp³-hybridized carbons (Fsp3) is 0.263. The van der Waals surface area contributed by atoms with Crippen LogP contribution in [0.25, 0.3) is 11.3 Å². The van der Waals surface area contributed by atoms with Crippen LogP contribution in [0.15, 0.2) is 36.5 Å². The molecule has 1 atom stereocenters. The predicted molar refractivity (Wildman–Crippen MR) is 107 cm³/mol. The Labute approximate surface area is 174 Å². The summed E-state index contributed by atoms with van der Waals surface area (Å²) in [5.41, 5.74) is 13.0. The van der Waals surface area contributed by atoms with Gasteiger partial charge in [0, 0.05) is 24.7 Å². The fourth-order valence-corrected chi connectivity index (χ4v) is 4.71. The topological polar surface area (TPSA) is 86.9 Å². The van der Waals surface area contributed by atoms with Gasteiger partial charge in [-0.1, -0.05) is 29.8 Å². The quantitative estimate of drug-likeness (QED) is 0.599. The van der Waals surface area contributed by atoms with Crippen molar-refractivity contribution in [3.8, 4) is 11.3 Å². The zero-order valence-corrected chi connectivity index (χ0v) is 16.9. The van der Waals surface area contributed by atoms with Crippen LogP contribution in [-0.2, 0) is 19.6 Å². The second-order valence-electron chi connectivity index (χ2n) is 6.53. The minimum Gasteiger partial charge on any atom is -0.365 e. The van der Waals surface area contributed by atoms with Gasteiger partial charge in [-0.05, 0) is 36.2 Å². The fourth-order valence-electron chi connectivity index (χ4n) is 3.31. The van der Waals surface area contributed by atoms with Crippen LogP contribution in [-0.4, -0.2) is 22.2 Å². The number of alkyl halides is 3. The monoisotopic (exact) mass is 442 g/mol. The number of nitrogens with two attached hydrogens (primary N) is 2. The number of rotatable bonds is 6. The lowest BCUT2D eigenvalue weighted by molar-refractivity contribution is -0.137. The molecule has 1 amide bonds. The Kier molecular flexibility index (Phi) is 6.02. The number of benzene rings is 1. The molecule has 5 nitrogen and oxygen atoms in total.